The molecule has 0 aromatic heterocycles. The molecule has 0 spiro atoms. The van der Waals surface area contributed by atoms with Gasteiger partial charge in [0.05, 0.1) is 16.3 Å². The molecule has 0 aliphatic rings. The fourth-order valence-corrected chi connectivity index (χ4v) is 2.09. The van der Waals surface area contributed by atoms with Crippen molar-refractivity contribution in [3.63, 3.8) is 0 Å². The van der Waals surface area contributed by atoms with Gasteiger partial charge in [0.25, 0.3) is 0 Å². The lowest BCUT2D eigenvalue weighted by molar-refractivity contribution is 0.650. The summed E-state index contributed by atoms with van der Waals surface area (Å²) in [5, 5.41) is 0.652. The molecule has 5 heteroatoms. The summed E-state index contributed by atoms with van der Waals surface area (Å²) in [7, 11) is -1.30. The first-order valence-electron chi connectivity index (χ1n) is 5.16. The van der Waals surface area contributed by atoms with E-state index in [4.69, 9.17) is 23.2 Å². The van der Waals surface area contributed by atoms with Crippen LogP contribution in [0, 0.1) is 0 Å². The molecule has 0 aliphatic carbocycles. The van der Waals surface area contributed by atoms with Gasteiger partial charge < -0.3 is 0 Å². The van der Waals surface area contributed by atoms with Gasteiger partial charge in [-0.3, -0.25) is 0 Å². The molecule has 1 rings (SSSR count). The number of alkyl halides is 1. The predicted octanol–water partition coefficient (Wildman–Crippen LogP) is 3.83. The molecule has 0 unspecified atom stereocenters. The van der Waals surface area contributed by atoms with Crippen molar-refractivity contribution in [2.75, 3.05) is 5.88 Å². The van der Waals surface area contributed by atoms with Crippen LogP contribution in [0.25, 0.3) is 0 Å². The van der Waals surface area contributed by atoms with Gasteiger partial charge in [-0.15, -0.1) is 11.6 Å². The Balaban J connectivity index is 3.04. The number of hydrogen-bond donors (Lipinski definition) is 0. The van der Waals surface area contributed by atoms with Crippen molar-refractivity contribution < 1.29 is 4.21 Å². The minimum absolute atomic E-state index is 0.226. The van der Waals surface area contributed by atoms with Gasteiger partial charge in [-0.05, 0) is 38.5 Å². The van der Waals surface area contributed by atoms with Crippen molar-refractivity contribution in [1.29, 1.82) is 0 Å². The smallest absolute Gasteiger partial charge is 0.145 e. The molecule has 1 atom stereocenters. The number of nitrogens with zero attached hydrogens (tertiary/aromatic N) is 1. The van der Waals surface area contributed by atoms with E-state index in [9.17, 15) is 4.21 Å². The maximum atomic E-state index is 11.9. The van der Waals surface area contributed by atoms with Crippen LogP contribution < -0.4 is 0 Å². The van der Waals surface area contributed by atoms with Crippen LogP contribution in [0.4, 0.5) is 0 Å². The number of hydrogen-bond acceptors (Lipinski definition) is 1. The van der Waals surface area contributed by atoms with Crippen LogP contribution in [0.3, 0.4) is 0 Å². The summed E-state index contributed by atoms with van der Waals surface area (Å²) in [5.74, 6) is 0.226. The lowest BCUT2D eigenvalue weighted by atomic mass is 10.1. The van der Waals surface area contributed by atoms with E-state index in [2.05, 4.69) is 4.40 Å². The lowest BCUT2D eigenvalue weighted by Gasteiger charge is -2.14. The highest BCUT2D eigenvalue weighted by molar-refractivity contribution is 7.85. The van der Waals surface area contributed by atoms with Crippen molar-refractivity contribution >= 4 is 39.9 Å². The molecule has 0 saturated heterocycles. The third-order valence-electron chi connectivity index (χ3n) is 2.02. The van der Waals surface area contributed by atoms with Gasteiger partial charge in [-0.25, -0.2) is 4.21 Å². The zero-order valence-electron chi connectivity index (χ0n) is 10.0. The van der Waals surface area contributed by atoms with E-state index in [1.807, 2.05) is 32.9 Å². The van der Waals surface area contributed by atoms with E-state index in [0.717, 1.165) is 5.56 Å². The molecule has 0 amide bonds. The molecule has 0 aliphatic heterocycles. The van der Waals surface area contributed by atoms with E-state index >= 15 is 0 Å². The summed E-state index contributed by atoms with van der Waals surface area (Å²) in [4.78, 5) is 0. The molecule has 2 nitrogen and oxygen atoms in total. The van der Waals surface area contributed by atoms with E-state index in [1.165, 1.54) is 0 Å². The van der Waals surface area contributed by atoms with Crippen LogP contribution in [-0.4, -0.2) is 20.5 Å². The van der Waals surface area contributed by atoms with Crippen molar-refractivity contribution in [2.24, 2.45) is 4.40 Å². The van der Waals surface area contributed by atoms with Crippen LogP contribution >= 0.6 is 23.2 Å². The Bertz CT molecular complexity index is 435. The van der Waals surface area contributed by atoms with Gasteiger partial charge in [-0.2, -0.15) is 4.40 Å². The van der Waals surface area contributed by atoms with E-state index in [1.54, 1.807) is 12.1 Å². The van der Waals surface area contributed by atoms with Crippen LogP contribution in [0.5, 0.6) is 0 Å². The molecule has 0 radical (unpaired) electrons. The van der Waals surface area contributed by atoms with E-state index in [-0.39, 0.29) is 10.6 Å². The van der Waals surface area contributed by atoms with Gasteiger partial charge in [0.2, 0.25) is 0 Å². The monoisotopic (exact) mass is 291 g/mol. The first-order valence-corrected chi connectivity index (χ1v) is 7.18. The Hall–Kier alpha value is -0.380. The molecule has 0 heterocycles. The second kappa shape index (κ2) is 5.98. The Morgan fingerprint density at radius 2 is 1.82 bits per heavy atom. The van der Waals surface area contributed by atoms with Crippen molar-refractivity contribution in [1.82, 2.24) is 0 Å². The van der Waals surface area contributed by atoms with Crippen molar-refractivity contribution in [3.8, 4) is 0 Å². The molecule has 0 bridgehead atoms. The number of halogens is 2. The van der Waals surface area contributed by atoms with Crippen LogP contribution in [-0.2, 0) is 11.0 Å². The summed E-state index contributed by atoms with van der Waals surface area (Å²) in [6, 6.07) is 7.17. The van der Waals surface area contributed by atoms with Gasteiger partial charge in [0.1, 0.15) is 11.0 Å². The zero-order valence-corrected chi connectivity index (χ0v) is 12.4. The molecule has 1 aromatic rings. The van der Waals surface area contributed by atoms with Crippen LogP contribution in [0.2, 0.25) is 5.02 Å². The highest BCUT2D eigenvalue weighted by atomic mass is 35.5. The topological polar surface area (TPSA) is 29.4 Å². The Morgan fingerprint density at radius 3 is 2.24 bits per heavy atom. The van der Waals surface area contributed by atoms with Gasteiger partial charge in [0, 0.05) is 5.02 Å². The SMILES string of the molecule is CC(C)(C)[S@@](=O)/N=C(/CCl)c1ccc(Cl)cc1. The Morgan fingerprint density at radius 1 is 1.29 bits per heavy atom. The molecule has 17 heavy (non-hydrogen) atoms. The first-order chi connectivity index (χ1) is 7.84. The van der Waals surface area contributed by atoms with Crippen LogP contribution in [0.1, 0.15) is 26.3 Å². The van der Waals surface area contributed by atoms with Gasteiger partial charge in [0.15, 0.2) is 0 Å². The summed E-state index contributed by atoms with van der Waals surface area (Å²) < 4.78 is 15.7. The molecule has 0 saturated carbocycles. The minimum Gasteiger partial charge on any atom is -0.234 e. The average Bonchev–Trinajstić information content (AvgIpc) is 2.25. The normalized spacial score (nSPS) is 14.8. The molecule has 1 aromatic carbocycles. The number of rotatable bonds is 3. The quantitative estimate of drug-likeness (QED) is 0.615. The standard InChI is InChI=1S/C12H15Cl2NOS/c1-12(2,3)17(16)15-11(8-13)9-4-6-10(14)7-5-9/h4-7H,8H2,1-3H3/b15-11-/t17-/m1/s1. The minimum atomic E-state index is -1.30. The summed E-state index contributed by atoms with van der Waals surface area (Å²) in [5.41, 5.74) is 1.47. The molecule has 94 valence electrons. The largest absolute Gasteiger partial charge is 0.234 e. The molecule has 0 fully saturated rings. The zero-order chi connectivity index (χ0) is 13.1. The summed E-state index contributed by atoms with van der Waals surface area (Å²) in [6.45, 7) is 5.63. The van der Waals surface area contributed by atoms with Crippen LogP contribution in [0.15, 0.2) is 28.7 Å². The molecule has 0 N–H and O–H groups in total. The van der Waals surface area contributed by atoms with Gasteiger partial charge in [-0.1, -0.05) is 23.7 Å². The molecular weight excluding hydrogens is 277 g/mol. The third kappa shape index (κ3) is 4.41. The highest BCUT2D eigenvalue weighted by Gasteiger charge is 2.19. The number of benzene rings is 1. The summed E-state index contributed by atoms with van der Waals surface area (Å²) >= 11 is 11.6. The fraction of sp³-hybridized carbons (Fsp3) is 0.417. The Kier molecular flexibility index (Phi) is 5.17. The first kappa shape index (κ1) is 14.7. The maximum Gasteiger partial charge on any atom is 0.145 e. The van der Waals surface area contributed by atoms with E-state index in [0.29, 0.717) is 10.7 Å². The van der Waals surface area contributed by atoms with Crippen molar-refractivity contribution in [3.05, 3.63) is 34.9 Å². The fourth-order valence-electron chi connectivity index (χ4n) is 1.03. The van der Waals surface area contributed by atoms with Crippen molar-refractivity contribution in [2.45, 2.75) is 25.5 Å². The lowest BCUT2D eigenvalue weighted by Crippen LogP contribution is -2.21. The second-order valence-electron chi connectivity index (χ2n) is 4.54. The summed E-state index contributed by atoms with van der Waals surface area (Å²) in [6.07, 6.45) is 0. The average molecular weight is 292 g/mol. The van der Waals surface area contributed by atoms with Gasteiger partial charge >= 0.3 is 0 Å². The highest BCUT2D eigenvalue weighted by Crippen LogP contribution is 2.16. The maximum absolute atomic E-state index is 11.9. The third-order valence-corrected chi connectivity index (χ3v) is 3.96. The molecular formula is C12H15Cl2NOS. The predicted molar refractivity (Wildman–Crippen MR) is 76.6 cm³/mol. The Labute approximate surface area is 115 Å². The van der Waals surface area contributed by atoms with E-state index < -0.39 is 11.0 Å². The second-order valence-corrected chi connectivity index (χ2v) is 7.15.